The fraction of sp³-hybridized carbons (Fsp3) is 0.382. The van der Waals surface area contributed by atoms with Crippen LogP contribution in [0.5, 0.6) is 0 Å². The average Bonchev–Trinajstić information content (AvgIpc) is 2.98. The van der Waals surface area contributed by atoms with E-state index in [0.29, 0.717) is 56.6 Å². The molecule has 4 rings (SSSR count). The third-order valence-corrected chi connectivity index (χ3v) is 7.95. The van der Waals surface area contributed by atoms with Crippen molar-refractivity contribution in [1.82, 2.24) is 10.2 Å². The van der Waals surface area contributed by atoms with Crippen molar-refractivity contribution in [3.05, 3.63) is 101 Å². The van der Waals surface area contributed by atoms with E-state index >= 15 is 0 Å². The number of Topliss-reactive ketones (excluding diaryl/α,β-unsaturated/α-hetero) is 1. The van der Waals surface area contributed by atoms with Crippen LogP contribution >= 0.6 is 0 Å². The SMILES string of the molecule is Cc1ccc(NC(=O)[C@H](CCCCN)NC(=O)[C@@H]2Cc3ccccc3CN2CCCC(=O)c2ccccc2)cc1C. The molecule has 7 nitrogen and oxygen atoms in total. The summed E-state index contributed by atoms with van der Waals surface area (Å²) in [6.07, 6.45) is 3.64. The van der Waals surface area contributed by atoms with Crippen LogP contribution in [0.1, 0.15) is 64.7 Å². The molecule has 216 valence electrons. The van der Waals surface area contributed by atoms with Crippen molar-refractivity contribution >= 4 is 23.3 Å². The van der Waals surface area contributed by atoms with E-state index in [0.717, 1.165) is 29.5 Å². The monoisotopic (exact) mass is 554 g/mol. The van der Waals surface area contributed by atoms with Gasteiger partial charge in [0.1, 0.15) is 6.04 Å². The minimum atomic E-state index is -0.672. The minimum Gasteiger partial charge on any atom is -0.343 e. The van der Waals surface area contributed by atoms with Crippen LogP contribution in [0.15, 0.2) is 72.8 Å². The zero-order valence-corrected chi connectivity index (χ0v) is 24.2. The first kappa shape index (κ1) is 30.2. The van der Waals surface area contributed by atoms with Crippen molar-refractivity contribution < 1.29 is 14.4 Å². The highest BCUT2D eigenvalue weighted by atomic mass is 16.2. The Bertz CT molecular complexity index is 1340. The molecule has 3 aromatic rings. The standard InChI is InChI=1S/C34H42N4O3/c1-24-17-18-29(21-25(24)2)36-33(40)30(15-8-9-19-35)37-34(41)31-22-27-13-6-7-14-28(27)23-38(31)20-10-16-32(39)26-11-4-3-5-12-26/h3-7,11-14,17-18,21,30-31H,8-10,15-16,19-20,22-23,35H2,1-2H3,(H,36,40)(H,37,41)/t30-,31-/m0/s1. The maximum absolute atomic E-state index is 13.8. The number of rotatable bonds is 13. The Morgan fingerprint density at radius 1 is 0.902 bits per heavy atom. The van der Waals surface area contributed by atoms with Gasteiger partial charge in [-0.2, -0.15) is 0 Å². The molecule has 0 saturated heterocycles. The van der Waals surface area contributed by atoms with Crippen LogP contribution in [0, 0.1) is 13.8 Å². The molecular formula is C34H42N4O3. The number of nitrogens with two attached hydrogens (primary N) is 1. The van der Waals surface area contributed by atoms with Crippen molar-refractivity contribution in [3.63, 3.8) is 0 Å². The lowest BCUT2D eigenvalue weighted by atomic mass is 9.92. The fourth-order valence-electron chi connectivity index (χ4n) is 5.36. The highest BCUT2D eigenvalue weighted by molar-refractivity contribution is 5.98. The van der Waals surface area contributed by atoms with E-state index in [1.54, 1.807) is 0 Å². The lowest BCUT2D eigenvalue weighted by molar-refractivity contribution is -0.131. The summed E-state index contributed by atoms with van der Waals surface area (Å²) >= 11 is 0. The first-order valence-corrected chi connectivity index (χ1v) is 14.6. The second-order valence-corrected chi connectivity index (χ2v) is 11.0. The Labute approximate surface area is 243 Å². The van der Waals surface area contributed by atoms with E-state index in [-0.39, 0.29) is 17.6 Å². The Hall–Kier alpha value is -3.81. The largest absolute Gasteiger partial charge is 0.343 e. The molecule has 0 bridgehead atoms. The molecule has 2 amide bonds. The highest BCUT2D eigenvalue weighted by Crippen LogP contribution is 2.24. The van der Waals surface area contributed by atoms with Crippen LogP contribution in [-0.2, 0) is 22.6 Å². The van der Waals surface area contributed by atoms with Crippen molar-refractivity contribution in [2.75, 3.05) is 18.4 Å². The number of aryl methyl sites for hydroxylation is 2. The molecule has 1 aliphatic heterocycles. The van der Waals surface area contributed by atoms with Gasteiger partial charge in [0.15, 0.2) is 5.78 Å². The molecule has 1 heterocycles. The first-order chi connectivity index (χ1) is 19.9. The Balaban J connectivity index is 1.46. The second kappa shape index (κ2) is 14.7. The van der Waals surface area contributed by atoms with Gasteiger partial charge in [0.25, 0.3) is 0 Å². The van der Waals surface area contributed by atoms with Crippen molar-refractivity contribution in [3.8, 4) is 0 Å². The number of amides is 2. The maximum Gasteiger partial charge on any atom is 0.246 e. The van der Waals surface area contributed by atoms with Crippen LogP contribution in [-0.4, -0.2) is 47.7 Å². The number of nitrogens with one attached hydrogen (secondary N) is 2. The molecule has 0 unspecified atom stereocenters. The Morgan fingerprint density at radius 3 is 2.37 bits per heavy atom. The van der Waals surface area contributed by atoms with Gasteiger partial charge in [-0.3, -0.25) is 19.3 Å². The summed E-state index contributed by atoms with van der Waals surface area (Å²) in [6.45, 7) is 5.81. The van der Waals surface area contributed by atoms with Gasteiger partial charge in [-0.1, -0.05) is 60.7 Å². The third-order valence-electron chi connectivity index (χ3n) is 7.95. The zero-order valence-electron chi connectivity index (χ0n) is 24.2. The number of carbonyl (C=O) groups excluding carboxylic acids is 3. The summed E-state index contributed by atoms with van der Waals surface area (Å²) in [5.74, 6) is -0.288. The van der Waals surface area contributed by atoms with Gasteiger partial charge < -0.3 is 16.4 Å². The number of anilines is 1. The van der Waals surface area contributed by atoms with E-state index < -0.39 is 12.1 Å². The van der Waals surface area contributed by atoms with Crippen LogP contribution in [0.4, 0.5) is 5.69 Å². The molecule has 0 saturated carbocycles. The number of nitrogens with zero attached hydrogens (tertiary/aromatic N) is 1. The van der Waals surface area contributed by atoms with Gasteiger partial charge in [0.2, 0.25) is 11.8 Å². The van der Waals surface area contributed by atoms with Gasteiger partial charge in [0, 0.05) is 24.2 Å². The number of carbonyl (C=O) groups is 3. The van der Waals surface area contributed by atoms with Crippen molar-refractivity contribution in [2.45, 2.75) is 71.0 Å². The molecule has 0 radical (unpaired) electrons. The summed E-state index contributed by atoms with van der Waals surface area (Å²) in [5, 5.41) is 6.08. The number of hydrogen-bond acceptors (Lipinski definition) is 5. The van der Waals surface area contributed by atoms with Crippen LogP contribution < -0.4 is 16.4 Å². The van der Waals surface area contributed by atoms with Gasteiger partial charge >= 0.3 is 0 Å². The second-order valence-electron chi connectivity index (χ2n) is 11.0. The summed E-state index contributed by atoms with van der Waals surface area (Å²) in [4.78, 5) is 42.0. The smallest absolute Gasteiger partial charge is 0.246 e. The minimum absolute atomic E-state index is 0.104. The fourth-order valence-corrected chi connectivity index (χ4v) is 5.36. The van der Waals surface area contributed by atoms with Gasteiger partial charge in [0.05, 0.1) is 6.04 Å². The number of ketones is 1. The molecule has 0 spiro atoms. The van der Waals surface area contributed by atoms with E-state index in [9.17, 15) is 14.4 Å². The lowest BCUT2D eigenvalue weighted by Crippen LogP contribution is -2.54. The lowest BCUT2D eigenvalue weighted by Gasteiger charge is -2.36. The molecule has 0 aliphatic carbocycles. The van der Waals surface area contributed by atoms with Gasteiger partial charge in [-0.15, -0.1) is 0 Å². The molecule has 0 aromatic heterocycles. The predicted octanol–water partition coefficient (Wildman–Crippen LogP) is 4.95. The molecule has 2 atom stereocenters. The third kappa shape index (κ3) is 8.35. The zero-order chi connectivity index (χ0) is 29.2. The Morgan fingerprint density at radius 2 is 1.63 bits per heavy atom. The maximum atomic E-state index is 13.8. The normalized spacial score (nSPS) is 15.5. The number of fused-ring (bicyclic) bond motifs is 1. The number of benzene rings is 3. The van der Waals surface area contributed by atoms with E-state index in [2.05, 4.69) is 27.7 Å². The predicted molar refractivity (Wildman–Crippen MR) is 164 cm³/mol. The van der Waals surface area contributed by atoms with Crippen LogP contribution in [0.2, 0.25) is 0 Å². The van der Waals surface area contributed by atoms with Gasteiger partial charge in [-0.05, 0) is 93.4 Å². The molecule has 4 N–H and O–H groups in total. The molecule has 1 aliphatic rings. The molecular weight excluding hydrogens is 512 g/mol. The van der Waals surface area contributed by atoms with Crippen LogP contribution in [0.3, 0.4) is 0 Å². The average molecular weight is 555 g/mol. The van der Waals surface area contributed by atoms with Crippen molar-refractivity contribution in [1.29, 1.82) is 0 Å². The molecule has 0 fully saturated rings. The summed E-state index contributed by atoms with van der Waals surface area (Å²) in [7, 11) is 0. The van der Waals surface area contributed by atoms with Gasteiger partial charge in [-0.25, -0.2) is 0 Å². The number of hydrogen-bond donors (Lipinski definition) is 3. The quantitative estimate of drug-likeness (QED) is 0.205. The Kier molecular flexibility index (Phi) is 10.8. The topological polar surface area (TPSA) is 105 Å². The van der Waals surface area contributed by atoms with E-state index in [4.69, 9.17) is 5.73 Å². The molecule has 41 heavy (non-hydrogen) atoms. The summed E-state index contributed by atoms with van der Waals surface area (Å²) in [5.41, 5.74) is 11.7. The van der Waals surface area contributed by atoms with Crippen molar-refractivity contribution in [2.24, 2.45) is 5.73 Å². The summed E-state index contributed by atoms with van der Waals surface area (Å²) in [6, 6.07) is 22.2. The summed E-state index contributed by atoms with van der Waals surface area (Å²) < 4.78 is 0. The molecule has 7 heteroatoms. The van der Waals surface area contributed by atoms with Crippen LogP contribution in [0.25, 0.3) is 0 Å². The van der Waals surface area contributed by atoms with E-state index in [1.165, 1.54) is 5.56 Å². The highest BCUT2D eigenvalue weighted by Gasteiger charge is 2.33. The molecule has 3 aromatic carbocycles. The van der Waals surface area contributed by atoms with E-state index in [1.807, 2.05) is 74.5 Å². The first-order valence-electron chi connectivity index (χ1n) is 14.6. The number of unbranched alkanes of at least 4 members (excludes halogenated alkanes) is 1.